The molecule has 4 nitrogen and oxygen atoms in total. The summed E-state index contributed by atoms with van der Waals surface area (Å²) in [7, 11) is 0. The number of piperidine rings is 1. The van der Waals surface area contributed by atoms with Gasteiger partial charge in [-0.3, -0.25) is 4.57 Å². The van der Waals surface area contributed by atoms with E-state index >= 15 is 0 Å². The van der Waals surface area contributed by atoms with Crippen LogP contribution in [0.1, 0.15) is 18.4 Å². The molecule has 1 fully saturated rings. The number of halogens is 3. The van der Waals surface area contributed by atoms with E-state index in [2.05, 4.69) is 10.3 Å². The molecule has 114 valence electrons. The number of fused-ring (bicyclic) bond motifs is 1. The summed E-state index contributed by atoms with van der Waals surface area (Å²) < 4.78 is 39.8. The second-order valence-corrected chi connectivity index (χ2v) is 5.48. The van der Waals surface area contributed by atoms with Gasteiger partial charge < -0.3 is 10.3 Å². The molecule has 1 aromatic heterocycles. The maximum atomic E-state index is 12.8. The van der Waals surface area contributed by atoms with Crippen molar-refractivity contribution >= 4 is 11.0 Å². The quantitative estimate of drug-likeness (QED) is 0.894. The number of alkyl halides is 3. The fraction of sp³-hybridized carbons (Fsp3) is 0.500. The molecule has 1 unspecified atom stereocenters. The Hall–Kier alpha value is -1.76. The molecule has 2 aromatic rings. The molecular weight excluding hydrogens is 283 g/mol. The van der Waals surface area contributed by atoms with Crippen LogP contribution in [0.2, 0.25) is 0 Å². The van der Waals surface area contributed by atoms with Crippen molar-refractivity contribution in [3.8, 4) is 0 Å². The normalized spacial score (nSPS) is 20.0. The topological polar surface area (TPSA) is 49.8 Å². The molecule has 3 rings (SSSR count). The summed E-state index contributed by atoms with van der Waals surface area (Å²) in [5.41, 5.74) is -0.323. The van der Waals surface area contributed by atoms with Gasteiger partial charge in [0.05, 0.1) is 16.6 Å². The van der Waals surface area contributed by atoms with E-state index in [9.17, 15) is 18.0 Å². The van der Waals surface area contributed by atoms with Crippen molar-refractivity contribution in [2.24, 2.45) is 5.92 Å². The van der Waals surface area contributed by atoms with Crippen molar-refractivity contribution in [1.29, 1.82) is 0 Å². The largest absolute Gasteiger partial charge is 0.416 e. The van der Waals surface area contributed by atoms with Crippen molar-refractivity contribution in [1.82, 2.24) is 14.9 Å². The average Bonchev–Trinajstić information content (AvgIpc) is 2.75. The second-order valence-electron chi connectivity index (χ2n) is 5.48. The number of rotatable bonds is 2. The lowest BCUT2D eigenvalue weighted by Crippen LogP contribution is -2.34. The summed E-state index contributed by atoms with van der Waals surface area (Å²) in [5, 5.41) is 3.24. The lowest BCUT2D eigenvalue weighted by Gasteiger charge is -2.23. The first-order valence-corrected chi connectivity index (χ1v) is 6.95. The van der Waals surface area contributed by atoms with E-state index in [1.165, 1.54) is 10.6 Å². The molecule has 0 aliphatic carbocycles. The van der Waals surface area contributed by atoms with Crippen molar-refractivity contribution in [3.63, 3.8) is 0 Å². The van der Waals surface area contributed by atoms with Crippen LogP contribution in [-0.2, 0) is 12.7 Å². The lowest BCUT2D eigenvalue weighted by molar-refractivity contribution is -0.137. The number of nitrogens with zero attached hydrogens (tertiary/aromatic N) is 1. The van der Waals surface area contributed by atoms with E-state index in [0.29, 0.717) is 17.6 Å². The highest BCUT2D eigenvalue weighted by molar-refractivity contribution is 5.76. The molecule has 0 saturated carbocycles. The molecule has 0 radical (unpaired) electrons. The number of nitrogens with one attached hydrogen (secondary N) is 2. The van der Waals surface area contributed by atoms with E-state index < -0.39 is 11.7 Å². The van der Waals surface area contributed by atoms with Gasteiger partial charge in [0.1, 0.15) is 0 Å². The van der Waals surface area contributed by atoms with E-state index in [1.807, 2.05) is 0 Å². The zero-order valence-electron chi connectivity index (χ0n) is 11.3. The Bertz CT molecular complexity index is 696. The third-order valence-electron chi connectivity index (χ3n) is 3.94. The molecule has 2 N–H and O–H groups in total. The zero-order chi connectivity index (χ0) is 15.0. The van der Waals surface area contributed by atoms with Gasteiger partial charge in [0.2, 0.25) is 0 Å². The van der Waals surface area contributed by atoms with Gasteiger partial charge in [-0.2, -0.15) is 13.2 Å². The van der Waals surface area contributed by atoms with Crippen LogP contribution < -0.4 is 11.0 Å². The number of hydrogen-bond donors (Lipinski definition) is 2. The smallest absolute Gasteiger partial charge is 0.316 e. The number of benzene rings is 1. The third kappa shape index (κ3) is 2.83. The van der Waals surface area contributed by atoms with Crippen LogP contribution in [0, 0.1) is 5.92 Å². The second kappa shape index (κ2) is 5.22. The van der Waals surface area contributed by atoms with Crippen molar-refractivity contribution in [2.45, 2.75) is 25.6 Å². The standard InChI is InChI=1S/C14H16F3N3O/c15-14(16,17)10-3-4-11-12(6-10)20(13(21)19-11)8-9-2-1-5-18-7-9/h3-4,6,9,18H,1-2,5,7-8H2,(H,19,21). The van der Waals surface area contributed by atoms with Crippen LogP contribution in [0.25, 0.3) is 11.0 Å². The molecule has 1 aliphatic rings. The number of imidazole rings is 1. The van der Waals surface area contributed by atoms with Crippen molar-refractivity contribution in [2.75, 3.05) is 13.1 Å². The number of H-pyrrole nitrogens is 1. The maximum absolute atomic E-state index is 12.8. The molecule has 0 spiro atoms. The molecule has 0 amide bonds. The van der Waals surface area contributed by atoms with Gasteiger partial charge >= 0.3 is 11.9 Å². The van der Waals surface area contributed by atoms with Gasteiger partial charge in [-0.15, -0.1) is 0 Å². The summed E-state index contributed by atoms with van der Waals surface area (Å²) >= 11 is 0. The Kier molecular flexibility index (Phi) is 3.52. The van der Waals surface area contributed by atoms with E-state index in [-0.39, 0.29) is 11.6 Å². The molecule has 7 heteroatoms. The van der Waals surface area contributed by atoms with E-state index in [0.717, 1.165) is 38.1 Å². The SMILES string of the molecule is O=c1[nH]c2ccc(C(F)(F)F)cc2n1CC1CCCNC1. The monoisotopic (exact) mass is 299 g/mol. The van der Waals surface area contributed by atoms with Crippen LogP contribution in [-0.4, -0.2) is 22.6 Å². The molecule has 1 atom stereocenters. The van der Waals surface area contributed by atoms with Crippen molar-refractivity contribution in [3.05, 3.63) is 34.2 Å². The Morgan fingerprint density at radius 1 is 1.33 bits per heavy atom. The predicted octanol–water partition coefficient (Wildman–Crippen LogP) is 2.35. The molecule has 1 saturated heterocycles. The van der Waals surface area contributed by atoms with Crippen LogP contribution in [0.15, 0.2) is 23.0 Å². The molecule has 1 aliphatic heterocycles. The van der Waals surface area contributed by atoms with E-state index in [4.69, 9.17) is 0 Å². The highest BCUT2D eigenvalue weighted by Gasteiger charge is 2.31. The molecule has 0 bridgehead atoms. The van der Waals surface area contributed by atoms with Crippen LogP contribution >= 0.6 is 0 Å². The van der Waals surface area contributed by atoms with Gasteiger partial charge in [-0.1, -0.05) is 0 Å². The summed E-state index contributed by atoms with van der Waals surface area (Å²) in [6, 6.07) is 3.35. The first-order valence-electron chi connectivity index (χ1n) is 6.95. The fourth-order valence-corrected chi connectivity index (χ4v) is 2.85. The van der Waals surface area contributed by atoms with Gasteiger partial charge in [0.25, 0.3) is 0 Å². The maximum Gasteiger partial charge on any atom is 0.416 e. The highest BCUT2D eigenvalue weighted by Crippen LogP contribution is 2.31. The van der Waals surface area contributed by atoms with Crippen LogP contribution in [0.5, 0.6) is 0 Å². The minimum Gasteiger partial charge on any atom is -0.316 e. The molecule has 2 heterocycles. The highest BCUT2D eigenvalue weighted by atomic mass is 19.4. The van der Waals surface area contributed by atoms with E-state index in [1.54, 1.807) is 0 Å². The van der Waals surface area contributed by atoms with Crippen LogP contribution in [0.4, 0.5) is 13.2 Å². The predicted molar refractivity (Wildman–Crippen MR) is 73.2 cm³/mol. The Balaban J connectivity index is 2.00. The van der Waals surface area contributed by atoms with Crippen LogP contribution in [0.3, 0.4) is 0 Å². The Morgan fingerprint density at radius 2 is 2.14 bits per heavy atom. The van der Waals surface area contributed by atoms with Gasteiger partial charge in [0, 0.05) is 6.54 Å². The zero-order valence-corrected chi connectivity index (χ0v) is 11.3. The minimum absolute atomic E-state index is 0.269. The first-order chi connectivity index (χ1) is 9.95. The van der Waals surface area contributed by atoms with Gasteiger partial charge in [-0.05, 0) is 50.0 Å². The first kappa shape index (κ1) is 14.2. The number of hydrogen-bond acceptors (Lipinski definition) is 2. The molecule has 1 aromatic carbocycles. The molecular formula is C14H16F3N3O. The number of aromatic nitrogens is 2. The fourth-order valence-electron chi connectivity index (χ4n) is 2.85. The third-order valence-corrected chi connectivity index (χ3v) is 3.94. The summed E-state index contributed by atoms with van der Waals surface area (Å²) in [5.74, 6) is 0.269. The van der Waals surface area contributed by atoms with Crippen molar-refractivity contribution < 1.29 is 13.2 Å². The Morgan fingerprint density at radius 3 is 2.81 bits per heavy atom. The van der Waals surface area contributed by atoms with Gasteiger partial charge in [-0.25, -0.2) is 4.79 Å². The average molecular weight is 299 g/mol. The Labute approximate surface area is 119 Å². The summed E-state index contributed by atoms with van der Waals surface area (Å²) in [6.45, 7) is 2.18. The number of aromatic amines is 1. The summed E-state index contributed by atoms with van der Waals surface area (Å²) in [4.78, 5) is 14.6. The lowest BCUT2D eigenvalue weighted by atomic mass is 9.99. The minimum atomic E-state index is -4.40. The summed E-state index contributed by atoms with van der Waals surface area (Å²) in [6.07, 6.45) is -2.40. The molecule has 21 heavy (non-hydrogen) atoms. The van der Waals surface area contributed by atoms with Gasteiger partial charge in [0.15, 0.2) is 0 Å².